The highest BCUT2D eigenvalue weighted by Gasteiger charge is 2.18. The van der Waals surface area contributed by atoms with Crippen molar-refractivity contribution >= 4 is 0 Å². The molecule has 2 unspecified atom stereocenters. The molecule has 0 saturated carbocycles. The zero-order valence-electron chi connectivity index (χ0n) is 12.9. The lowest BCUT2D eigenvalue weighted by Crippen LogP contribution is -2.40. The summed E-state index contributed by atoms with van der Waals surface area (Å²) in [6, 6.07) is 9.18. The van der Waals surface area contributed by atoms with Gasteiger partial charge < -0.3 is 14.8 Å². The molecule has 0 aliphatic rings. The van der Waals surface area contributed by atoms with Gasteiger partial charge in [-0.25, -0.2) is 0 Å². The molecule has 0 fully saturated rings. The summed E-state index contributed by atoms with van der Waals surface area (Å²) in [7, 11) is 3.32. The Kier molecular flexibility index (Phi) is 6.49. The monoisotopic (exact) mass is 265 g/mol. The van der Waals surface area contributed by atoms with Crippen molar-refractivity contribution in [1.29, 1.82) is 0 Å². The Morgan fingerprint density at radius 1 is 0.842 bits per heavy atom. The van der Waals surface area contributed by atoms with Crippen LogP contribution in [0.3, 0.4) is 0 Å². The standard InChI is InChI=1S/C16H27NO2/c1-11(2)14-7-9-15(10-8-14)12(3)17-13(4)16(18-5)19-6/h7-13,16-17H,1-6H3. The largest absolute Gasteiger partial charge is 0.354 e. The fourth-order valence-corrected chi connectivity index (χ4v) is 2.24. The van der Waals surface area contributed by atoms with Gasteiger partial charge in [-0.1, -0.05) is 38.1 Å². The van der Waals surface area contributed by atoms with Crippen molar-refractivity contribution in [2.75, 3.05) is 14.2 Å². The quantitative estimate of drug-likeness (QED) is 0.766. The van der Waals surface area contributed by atoms with Crippen LogP contribution in [0.4, 0.5) is 0 Å². The molecule has 1 rings (SSSR count). The Balaban J connectivity index is 2.64. The third-order valence-corrected chi connectivity index (χ3v) is 3.49. The summed E-state index contributed by atoms with van der Waals surface area (Å²) in [5, 5.41) is 3.50. The summed E-state index contributed by atoms with van der Waals surface area (Å²) >= 11 is 0. The fourth-order valence-electron chi connectivity index (χ4n) is 2.24. The van der Waals surface area contributed by atoms with Crippen molar-refractivity contribution in [2.45, 2.75) is 52.0 Å². The summed E-state index contributed by atoms with van der Waals surface area (Å²) < 4.78 is 10.5. The first-order valence-electron chi connectivity index (χ1n) is 6.91. The number of ether oxygens (including phenoxy) is 2. The first kappa shape index (κ1) is 16.2. The van der Waals surface area contributed by atoms with Gasteiger partial charge in [-0.2, -0.15) is 0 Å². The minimum absolute atomic E-state index is 0.134. The summed E-state index contributed by atoms with van der Waals surface area (Å²) in [5.41, 5.74) is 2.65. The molecule has 0 aromatic heterocycles. The predicted octanol–water partition coefficient (Wildman–Crippen LogP) is 3.47. The van der Waals surface area contributed by atoms with E-state index in [9.17, 15) is 0 Å². The van der Waals surface area contributed by atoms with Crippen LogP contribution in [0.2, 0.25) is 0 Å². The van der Waals surface area contributed by atoms with Crippen molar-refractivity contribution in [3.63, 3.8) is 0 Å². The van der Waals surface area contributed by atoms with E-state index in [4.69, 9.17) is 9.47 Å². The van der Waals surface area contributed by atoms with E-state index in [1.807, 2.05) is 0 Å². The van der Waals surface area contributed by atoms with Gasteiger partial charge in [0.1, 0.15) is 0 Å². The molecule has 108 valence electrons. The SMILES string of the molecule is COC(OC)C(C)NC(C)c1ccc(C(C)C)cc1. The van der Waals surface area contributed by atoms with Crippen LogP contribution < -0.4 is 5.32 Å². The van der Waals surface area contributed by atoms with Gasteiger partial charge in [0.05, 0.1) is 6.04 Å². The topological polar surface area (TPSA) is 30.5 Å². The van der Waals surface area contributed by atoms with Crippen LogP contribution in [0, 0.1) is 0 Å². The van der Waals surface area contributed by atoms with Crippen LogP contribution in [0.5, 0.6) is 0 Å². The van der Waals surface area contributed by atoms with Crippen LogP contribution in [0.25, 0.3) is 0 Å². The van der Waals surface area contributed by atoms with Crippen LogP contribution >= 0.6 is 0 Å². The molecule has 0 aliphatic heterocycles. The molecule has 2 atom stereocenters. The second-order valence-electron chi connectivity index (χ2n) is 5.34. The maximum atomic E-state index is 5.26. The van der Waals surface area contributed by atoms with E-state index in [1.165, 1.54) is 11.1 Å². The zero-order chi connectivity index (χ0) is 14.4. The lowest BCUT2D eigenvalue weighted by Gasteiger charge is -2.26. The summed E-state index contributed by atoms with van der Waals surface area (Å²) in [5.74, 6) is 0.572. The molecule has 0 bridgehead atoms. The van der Waals surface area contributed by atoms with E-state index in [-0.39, 0.29) is 18.4 Å². The normalized spacial score (nSPS) is 14.9. The Morgan fingerprint density at radius 3 is 1.74 bits per heavy atom. The van der Waals surface area contributed by atoms with Crippen LogP contribution in [-0.2, 0) is 9.47 Å². The van der Waals surface area contributed by atoms with Crippen molar-refractivity contribution in [1.82, 2.24) is 5.32 Å². The number of hydrogen-bond acceptors (Lipinski definition) is 3. The number of benzene rings is 1. The Bertz CT molecular complexity index is 358. The second-order valence-corrected chi connectivity index (χ2v) is 5.34. The van der Waals surface area contributed by atoms with Gasteiger partial charge in [-0.15, -0.1) is 0 Å². The maximum Gasteiger partial charge on any atom is 0.171 e. The molecule has 0 aliphatic carbocycles. The Hall–Kier alpha value is -0.900. The molecule has 0 saturated heterocycles. The molecule has 1 aromatic carbocycles. The Labute approximate surface area is 117 Å². The second kappa shape index (κ2) is 7.63. The van der Waals surface area contributed by atoms with E-state index in [0.29, 0.717) is 5.92 Å². The van der Waals surface area contributed by atoms with Crippen molar-refractivity contribution in [2.24, 2.45) is 0 Å². The third kappa shape index (κ3) is 4.60. The average molecular weight is 265 g/mol. The lowest BCUT2D eigenvalue weighted by atomic mass is 9.99. The molecule has 3 nitrogen and oxygen atoms in total. The molecule has 3 heteroatoms. The van der Waals surface area contributed by atoms with E-state index >= 15 is 0 Å². The first-order valence-corrected chi connectivity index (χ1v) is 6.91. The van der Waals surface area contributed by atoms with E-state index in [2.05, 4.69) is 57.3 Å². The highest BCUT2D eigenvalue weighted by molar-refractivity contribution is 5.26. The molecule has 0 spiro atoms. The molecule has 0 radical (unpaired) electrons. The molecule has 1 aromatic rings. The first-order chi connectivity index (χ1) is 8.99. The van der Waals surface area contributed by atoms with E-state index in [1.54, 1.807) is 14.2 Å². The lowest BCUT2D eigenvalue weighted by molar-refractivity contribution is -0.120. The smallest absolute Gasteiger partial charge is 0.171 e. The van der Waals surface area contributed by atoms with Crippen LogP contribution in [-0.4, -0.2) is 26.6 Å². The van der Waals surface area contributed by atoms with Gasteiger partial charge in [0.15, 0.2) is 6.29 Å². The van der Waals surface area contributed by atoms with Crippen molar-refractivity contribution in [3.05, 3.63) is 35.4 Å². The summed E-state index contributed by atoms with van der Waals surface area (Å²) in [4.78, 5) is 0. The molecular formula is C16H27NO2. The molecule has 0 heterocycles. The van der Waals surface area contributed by atoms with Crippen molar-refractivity contribution < 1.29 is 9.47 Å². The molecule has 19 heavy (non-hydrogen) atoms. The molecular weight excluding hydrogens is 238 g/mol. The van der Waals surface area contributed by atoms with Gasteiger partial charge in [0, 0.05) is 20.3 Å². The van der Waals surface area contributed by atoms with E-state index < -0.39 is 0 Å². The Morgan fingerprint density at radius 2 is 1.32 bits per heavy atom. The van der Waals surface area contributed by atoms with Crippen LogP contribution in [0.1, 0.15) is 50.8 Å². The van der Waals surface area contributed by atoms with Gasteiger partial charge in [-0.3, -0.25) is 0 Å². The minimum Gasteiger partial charge on any atom is -0.354 e. The highest BCUT2D eigenvalue weighted by Crippen LogP contribution is 2.19. The van der Waals surface area contributed by atoms with E-state index in [0.717, 1.165) is 0 Å². The number of hydrogen-bond donors (Lipinski definition) is 1. The molecule has 1 N–H and O–H groups in total. The predicted molar refractivity (Wildman–Crippen MR) is 79.3 cm³/mol. The van der Waals surface area contributed by atoms with Gasteiger partial charge in [-0.05, 0) is 30.9 Å². The van der Waals surface area contributed by atoms with Gasteiger partial charge in [0.2, 0.25) is 0 Å². The van der Waals surface area contributed by atoms with Gasteiger partial charge >= 0.3 is 0 Å². The van der Waals surface area contributed by atoms with Gasteiger partial charge in [0.25, 0.3) is 0 Å². The third-order valence-electron chi connectivity index (χ3n) is 3.49. The summed E-state index contributed by atoms with van der Waals surface area (Å²) in [6.45, 7) is 8.64. The maximum absolute atomic E-state index is 5.26. The number of nitrogens with one attached hydrogen (secondary N) is 1. The van der Waals surface area contributed by atoms with Crippen LogP contribution in [0.15, 0.2) is 24.3 Å². The number of rotatable bonds is 7. The fraction of sp³-hybridized carbons (Fsp3) is 0.625. The molecule has 0 amide bonds. The highest BCUT2D eigenvalue weighted by atomic mass is 16.7. The zero-order valence-corrected chi connectivity index (χ0v) is 12.9. The minimum atomic E-state index is -0.225. The van der Waals surface area contributed by atoms with Crippen molar-refractivity contribution in [3.8, 4) is 0 Å². The number of methoxy groups -OCH3 is 2. The average Bonchev–Trinajstić information content (AvgIpc) is 2.40. The summed E-state index contributed by atoms with van der Waals surface area (Å²) in [6.07, 6.45) is -0.225.